The van der Waals surface area contributed by atoms with E-state index in [2.05, 4.69) is 4.98 Å². The first-order valence-electron chi connectivity index (χ1n) is 8.00. The molecular formula is C19H21N3O2. The molecule has 1 N–H and O–H groups in total. The summed E-state index contributed by atoms with van der Waals surface area (Å²) in [6.07, 6.45) is 1.86. The number of pyridine rings is 1. The van der Waals surface area contributed by atoms with E-state index in [9.17, 15) is 9.90 Å². The lowest BCUT2D eigenvalue weighted by atomic mass is 10.2. The first-order valence-corrected chi connectivity index (χ1v) is 8.00. The minimum absolute atomic E-state index is 0.0760. The summed E-state index contributed by atoms with van der Waals surface area (Å²) in [7, 11) is 0. The predicted octanol–water partition coefficient (Wildman–Crippen LogP) is 2.59. The number of hydrogen-bond acceptors (Lipinski definition) is 3. The molecule has 0 aliphatic carbocycles. The molecule has 0 unspecified atom stereocenters. The number of imidazole rings is 1. The van der Waals surface area contributed by atoms with Crippen LogP contribution in [0.15, 0.2) is 48.7 Å². The molecule has 0 aliphatic rings. The molecule has 0 spiro atoms. The molecule has 5 nitrogen and oxygen atoms in total. The molecule has 0 aliphatic heterocycles. The van der Waals surface area contributed by atoms with Gasteiger partial charge in [0.25, 0.3) is 5.91 Å². The van der Waals surface area contributed by atoms with Crippen LogP contribution in [0.3, 0.4) is 0 Å². The Hall–Kier alpha value is -2.66. The zero-order valence-corrected chi connectivity index (χ0v) is 13.9. The Bertz CT molecular complexity index is 856. The van der Waals surface area contributed by atoms with Gasteiger partial charge in [0.1, 0.15) is 11.3 Å². The lowest BCUT2D eigenvalue weighted by Crippen LogP contribution is -2.34. The van der Waals surface area contributed by atoms with Crippen molar-refractivity contribution >= 4 is 11.6 Å². The number of nitrogens with zero attached hydrogens (tertiary/aromatic N) is 3. The molecule has 0 radical (unpaired) electrons. The Labute approximate surface area is 141 Å². The number of aryl methyl sites for hydroxylation is 2. The van der Waals surface area contributed by atoms with Gasteiger partial charge in [0.05, 0.1) is 12.3 Å². The minimum atomic E-state index is -0.122. The molecule has 5 heteroatoms. The lowest BCUT2D eigenvalue weighted by Gasteiger charge is -2.22. The number of rotatable bonds is 5. The van der Waals surface area contributed by atoms with Crippen LogP contribution in [0.5, 0.6) is 0 Å². The van der Waals surface area contributed by atoms with Crippen molar-refractivity contribution in [2.24, 2.45) is 0 Å². The third-order valence-corrected chi connectivity index (χ3v) is 4.10. The molecule has 0 atom stereocenters. The largest absolute Gasteiger partial charge is 0.395 e. The molecule has 0 bridgehead atoms. The summed E-state index contributed by atoms with van der Waals surface area (Å²) < 4.78 is 1.84. The molecule has 1 aromatic carbocycles. The Balaban J connectivity index is 1.99. The van der Waals surface area contributed by atoms with Gasteiger partial charge in [-0.3, -0.25) is 9.20 Å². The molecule has 2 heterocycles. The fourth-order valence-corrected chi connectivity index (χ4v) is 2.90. The number of hydrogen-bond donors (Lipinski definition) is 1. The highest BCUT2D eigenvalue weighted by molar-refractivity contribution is 5.94. The summed E-state index contributed by atoms with van der Waals surface area (Å²) in [5, 5.41) is 9.37. The Morgan fingerprint density at radius 3 is 2.62 bits per heavy atom. The lowest BCUT2D eigenvalue weighted by molar-refractivity contribution is 0.0700. The van der Waals surface area contributed by atoms with Crippen molar-refractivity contribution in [1.29, 1.82) is 0 Å². The van der Waals surface area contributed by atoms with E-state index in [1.54, 1.807) is 4.90 Å². The summed E-state index contributed by atoms with van der Waals surface area (Å²) >= 11 is 0. The molecule has 0 fully saturated rings. The van der Waals surface area contributed by atoms with E-state index >= 15 is 0 Å². The van der Waals surface area contributed by atoms with Crippen LogP contribution in [0.4, 0.5) is 0 Å². The highest BCUT2D eigenvalue weighted by Gasteiger charge is 2.23. The fraction of sp³-hybridized carbons (Fsp3) is 0.263. The number of benzene rings is 1. The van der Waals surface area contributed by atoms with Gasteiger partial charge in [0.15, 0.2) is 0 Å². The summed E-state index contributed by atoms with van der Waals surface area (Å²) in [5.41, 5.74) is 4.10. The predicted molar refractivity (Wildman–Crippen MR) is 92.9 cm³/mol. The van der Waals surface area contributed by atoms with E-state index in [1.165, 1.54) is 0 Å². The maximum atomic E-state index is 13.1. The molecule has 3 aromatic rings. The number of aromatic nitrogens is 2. The minimum Gasteiger partial charge on any atom is -0.395 e. The quantitative estimate of drug-likeness (QED) is 0.785. The summed E-state index contributed by atoms with van der Waals surface area (Å²) in [6, 6.07) is 13.7. The van der Waals surface area contributed by atoms with Crippen LogP contribution < -0.4 is 0 Å². The second kappa shape index (κ2) is 6.84. The van der Waals surface area contributed by atoms with Gasteiger partial charge in [0.2, 0.25) is 0 Å². The zero-order valence-electron chi connectivity index (χ0n) is 13.9. The highest BCUT2D eigenvalue weighted by atomic mass is 16.3. The van der Waals surface area contributed by atoms with E-state index in [0.717, 1.165) is 16.8 Å². The van der Waals surface area contributed by atoms with Crippen LogP contribution in [0.2, 0.25) is 0 Å². The molecular weight excluding hydrogens is 302 g/mol. The monoisotopic (exact) mass is 323 g/mol. The van der Waals surface area contributed by atoms with Crippen LogP contribution in [-0.2, 0) is 6.54 Å². The van der Waals surface area contributed by atoms with E-state index < -0.39 is 0 Å². The van der Waals surface area contributed by atoms with Crippen molar-refractivity contribution in [3.8, 4) is 0 Å². The third-order valence-electron chi connectivity index (χ3n) is 4.10. The van der Waals surface area contributed by atoms with Crippen LogP contribution in [0.1, 0.15) is 27.3 Å². The van der Waals surface area contributed by atoms with Crippen molar-refractivity contribution in [1.82, 2.24) is 14.3 Å². The SMILES string of the molecule is Cc1nc2c(C)cccn2c1C(=O)N(CCO)Cc1ccccc1. The number of carbonyl (C=O) groups is 1. The summed E-state index contributed by atoms with van der Waals surface area (Å²) in [6.45, 7) is 4.49. The van der Waals surface area contributed by atoms with Gasteiger partial charge in [-0.2, -0.15) is 0 Å². The third kappa shape index (κ3) is 3.03. The van der Waals surface area contributed by atoms with Crippen LogP contribution >= 0.6 is 0 Å². The van der Waals surface area contributed by atoms with E-state index in [0.29, 0.717) is 17.9 Å². The van der Waals surface area contributed by atoms with Crippen LogP contribution in [0, 0.1) is 13.8 Å². The van der Waals surface area contributed by atoms with Gasteiger partial charge in [0, 0.05) is 19.3 Å². The average Bonchev–Trinajstić information content (AvgIpc) is 2.92. The van der Waals surface area contributed by atoms with Gasteiger partial charge < -0.3 is 10.0 Å². The molecule has 24 heavy (non-hydrogen) atoms. The summed E-state index contributed by atoms with van der Waals surface area (Å²) in [5.74, 6) is -0.122. The van der Waals surface area contributed by atoms with Gasteiger partial charge >= 0.3 is 0 Å². The van der Waals surface area contributed by atoms with E-state index in [1.807, 2.05) is 66.9 Å². The number of carbonyl (C=O) groups excluding carboxylic acids is 1. The number of aliphatic hydroxyl groups excluding tert-OH is 1. The van der Waals surface area contributed by atoms with Crippen molar-refractivity contribution < 1.29 is 9.90 Å². The van der Waals surface area contributed by atoms with Gasteiger partial charge in [-0.15, -0.1) is 0 Å². The molecule has 124 valence electrons. The molecule has 3 rings (SSSR count). The second-order valence-electron chi connectivity index (χ2n) is 5.87. The Kier molecular flexibility index (Phi) is 4.62. The molecule has 1 amide bonds. The number of amides is 1. The smallest absolute Gasteiger partial charge is 0.273 e. The molecule has 0 saturated carbocycles. The number of aliphatic hydroxyl groups is 1. The summed E-state index contributed by atoms with van der Waals surface area (Å²) in [4.78, 5) is 19.3. The average molecular weight is 323 g/mol. The number of fused-ring (bicyclic) bond motifs is 1. The molecule has 2 aromatic heterocycles. The highest BCUT2D eigenvalue weighted by Crippen LogP contribution is 2.18. The first-order chi connectivity index (χ1) is 11.6. The maximum Gasteiger partial charge on any atom is 0.273 e. The van der Waals surface area contributed by atoms with E-state index in [4.69, 9.17) is 0 Å². The standard InChI is InChI=1S/C19H21N3O2/c1-14-7-6-10-22-17(15(2)20-18(14)22)19(24)21(11-12-23)13-16-8-4-3-5-9-16/h3-10,23H,11-13H2,1-2H3. The van der Waals surface area contributed by atoms with Gasteiger partial charge in [-0.25, -0.2) is 4.98 Å². The zero-order chi connectivity index (χ0) is 17.1. The van der Waals surface area contributed by atoms with Crippen LogP contribution in [-0.4, -0.2) is 38.4 Å². The first kappa shape index (κ1) is 16.2. The van der Waals surface area contributed by atoms with E-state index in [-0.39, 0.29) is 19.1 Å². The Morgan fingerprint density at radius 1 is 1.17 bits per heavy atom. The molecule has 0 saturated heterocycles. The van der Waals surface area contributed by atoms with Gasteiger partial charge in [-0.1, -0.05) is 36.4 Å². The van der Waals surface area contributed by atoms with Gasteiger partial charge in [-0.05, 0) is 31.0 Å². The Morgan fingerprint density at radius 2 is 1.92 bits per heavy atom. The van der Waals surface area contributed by atoms with Crippen molar-refractivity contribution in [3.05, 3.63) is 71.2 Å². The van der Waals surface area contributed by atoms with Crippen molar-refractivity contribution in [2.45, 2.75) is 20.4 Å². The van der Waals surface area contributed by atoms with Crippen LogP contribution in [0.25, 0.3) is 5.65 Å². The maximum absolute atomic E-state index is 13.1. The normalized spacial score (nSPS) is 11.0. The topological polar surface area (TPSA) is 57.8 Å². The van der Waals surface area contributed by atoms with Crippen molar-refractivity contribution in [3.63, 3.8) is 0 Å². The second-order valence-corrected chi connectivity index (χ2v) is 5.87. The fourth-order valence-electron chi connectivity index (χ4n) is 2.90. The van der Waals surface area contributed by atoms with Crippen molar-refractivity contribution in [2.75, 3.05) is 13.2 Å².